The highest BCUT2D eigenvalue weighted by atomic mass is 32.2. The lowest BCUT2D eigenvalue weighted by atomic mass is 10.2. The molecular formula is C16H27N3O4S. The van der Waals surface area contributed by atoms with Gasteiger partial charge in [-0.15, -0.1) is 0 Å². The summed E-state index contributed by atoms with van der Waals surface area (Å²) in [4.78, 5) is 11.8. The Morgan fingerprint density at radius 3 is 2.54 bits per heavy atom. The van der Waals surface area contributed by atoms with Gasteiger partial charge >= 0.3 is 0 Å². The standard InChI is InChI=1S/C16H27N3O4S/c1-2-13(17)16(21)19-24(22,23)15-10-6-5-9-14(15)18-11-7-3-4-8-12-20/h5-6,9-10,13,18,20H,2-4,7-8,11-12,17H2,1H3,(H,19,21). The maximum Gasteiger partial charge on any atom is 0.266 e. The normalized spacial score (nSPS) is 12.6. The molecule has 1 atom stereocenters. The van der Waals surface area contributed by atoms with Crippen LogP contribution in [-0.4, -0.2) is 38.6 Å². The Hall–Kier alpha value is -1.64. The first-order valence-corrected chi connectivity index (χ1v) is 9.66. The minimum Gasteiger partial charge on any atom is -0.396 e. The van der Waals surface area contributed by atoms with E-state index in [1.54, 1.807) is 25.1 Å². The Labute approximate surface area is 143 Å². The van der Waals surface area contributed by atoms with Gasteiger partial charge in [-0.2, -0.15) is 0 Å². The Kier molecular flexibility index (Phi) is 8.73. The smallest absolute Gasteiger partial charge is 0.266 e. The third-order valence-corrected chi connectivity index (χ3v) is 4.99. The SMILES string of the molecule is CCC(N)C(=O)NS(=O)(=O)c1ccccc1NCCCCCCO. The second-order valence-corrected chi connectivity index (χ2v) is 7.20. The number of benzene rings is 1. The molecule has 1 amide bonds. The highest BCUT2D eigenvalue weighted by molar-refractivity contribution is 7.90. The molecule has 0 saturated heterocycles. The zero-order valence-electron chi connectivity index (χ0n) is 14.0. The average molecular weight is 357 g/mol. The van der Waals surface area contributed by atoms with E-state index < -0.39 is 22.0 Å². The molecule has 1 aromatic carbocycles. The van der Waals surface area contributed by atoms with Gasteiger partial charge < -0.3 is 16.2 Å². The van der Waals surface area contributed by atoms with Gasteiger partial charge in [0, 0.05) is 13.2 Å². The van der Waals surface area contributed by atoms with Crippen molar-refractivity contribution in [3.63, 3.8) is 0 Å². The molecule has 0 aliphatic heterocycles. The summed E-state index contributed by atoms with van der Waals surface area (Å²) >= 11 is 0. The van der Waals surface area contributed by atoms with Gasteiger partial charge in [-0.3, -0.25) is 4.79 Å². The molecule has 5 N–H and O–H groups in total. The summed E-state index contributed by atoms with van der Waals surface area (Å²) in [5.41, 5.74) is 6.02. The summed E-state index contributed by atoms with van der Waals surface area (Å²) in [7, 11) is -3.97. The lowest BCUT2D eigenvalue weighted by Gasteiger charge is -2.14. The number of rotatable bonds is 11. The van der Waals surface area contributed by atoms with Crippen LogP contribution in [0.1, 0.15) is 39.0 Å². The van der Waals surface area contributed by atoms with Crippen LogP contribution in [0.25, 0.3) is 0 Å². The van der Waals surface area contributed by atoms with Crippen molar-refractivity contribution >= 4 is 21.6 Å². The van der Waals surface area contributed by atoms with Gasteiger partial charge in [0.15, 0.2) is 0 Å². The second kappa shape index (κ2) is 10.3. The van der Waals surface area contributed by atoms with Crippen molar-refractivity contribution in [1.29, 1.82) is 0 Å². The fourth-order valence-corrected chi connectivity index (χ4v) is 3.32. The predicted octanol–water partition coefficient (Wildman–Crippen LogP) is 1.19. The molecule has 8 heteroatoms. The number of carbonyl (C=O) groups excluding carboxylic acids is 1. The number of hydrogen-bond donors (Lipinski definition) is 4. The molecule has 0 radical (unpaired) electrons. The first kappa shape index (κ1) is 20.4. The lowest BCUT2D eigenvalue weighted by molar-refractivity contribution is -0.120. The highest BCUT2D eigenvalue weighted by Crippen LogP contribution is 2.20. The third kappa shape index (κ3) is 6.46. The van der Waals surface area contributed by atoms with Gasteiger partial charge in [-0.1, -0.05) is 31.9 Å². The van der Waals surface area contributed by atoms with Crippen molar-refractivity contribution in [1.82, 2.24) is 4.72 Å². The van der Waals surface area contributed by atoms with E-state index in [9.17, 15) is 13.2 Å². The number of aliphatic hydroxyl groups is 1. The minimum atomic E-state index is -3.97. The van der Waals surface area contributed by atoms with Crippen molar-refractivity contribution in [2.45, 2.75) is 50.0 Å². The van der Waals surface area contributed by atoms with Gasteiger partial charge in [0.05, 0.1) is 11.7 Å². The molecule has 0 spiro atoms. The van der Waals surface area contributed by atoms with E-state index in [0.29, 0.717) is 18.7 Å². The molecule has 0 aliphatic rings. The van der Waals surface area contributed by atoms with Crippen LogP contribution in [0.5, 0.6) is 0 Å². The molecule has 0 bridgehead atoms. The van der Waals surface area contributed by atoms with Crippen molar-refractivity contribution in [2.75, 3.05) is 18.5 Å². The first-order chi connectivity index (χ1) is 11.4. The maximum atomic E-state index is 12.4. The Morgan fingerprint density at radius 2 is 1.88 bits per heavy atom. The molecule has 1 aromatic rings. The predicted molar refractivity (Wildman–Crippen MR) is 94.1 cm³/mol. The lowest BCUT2D eigenvalue weighted by Crippen LogP contribution is -2.43. The summed E-state index contributed by atoms with van der Waals surface area (Å²) in [5, 5.41) is 11.8. The summed E-state index contributed by atoms with van der Waals surface area (Å²) < 4.78 is 26.8. The van der Waals surface area contributed by atoms with Crippen molar-refractivity contribution < 1.29 is 18.3 Å². The Balaban J connectivity index is 2.72. The van der Waals surface area contributed by atoms with Crippen LogP contribution >= 0.6 is 0 Å². The number of amides is 1. The van der Waals surface area contributed by atoms with E-state index in [2.05, 4.69) is 5.32 Å². The Bertz CT molecular complexity index is 620. The van der Waals surface area contributed by atoms with Gasteiger partial charge in [0.1, 0.15) is 4.90 Å². The molecule has 7 nitrogen and oxygen atoms in total. The molecule has 1 rings (SSSR count). The zero-order valence-corrected chi connectivity index (χ0v) is 14.8. The van der Waals surface area contributed by atoms with Crippen molar-refractivity contribution in [2.24, 2.45) is 5.73 Å². The molecule has 136 valence electrons. The molecule has 0 aromatic heterocycles. The van der Waals surface area contributed by atoms with Gasteiger partial charge in [-0.05, 0) is 31.4 Å². The number of para-hydroxylation sites is 1. The fraction of sp³-hybridized carbons (Fsp3) is 0.562. The molecule has 1 unspecified atom stereocenters. The highest BCUT2D eigenvalue weighted by Gasteiger charge is 2.23. The maximum absolute atomic E-state index is 12.4. The quantitative estimate of drug-likeness (QED) is 0.441. The minimum absolute atomic E-state index is 0.0250. The number of anilines is 1. The average Bonchev–Trinajstić information content (AvgIpc) is 2.57. The molecular weight excluding hydrogens is 330 g/mol. The molecule has 0 heterocycles. The van der Waals surface area contributed by atoms with Crippen LogP contribution < -0.4 is 15.8 Å². The van der Waals surface area contributed by atoms with Crippen molar-refractivity contribution in [3.05, 3.63) is 24.3 Å². The van der Waals surface area contributed by atoms with E-state index >= 15 is 0 Å². The number of nitrogens with two attached hydrogens (primary N) is 1. The number of nitrogens with one attached hydrogen (secondary N) is 2. The molecule has 0 saturated carbocycles. The van der Waals surface area contributed by atoms with Crippen molar-refractivity contribution in [3.8, 4) is 0 Å². The fourth-order valence-electron chi connectivity index (χ4n) is 2.11. The largest absolute Gasteiger partial charge is 0.396 e. The summed E-state index contributed by atoms with van der Waals surface area (Å²) in [5.74, 6) is -0.712. The number of sulfonamides is 1. The van der Waals surface area contributed by atoms with E-state index in [1.807, 2.05) is 4.72 Å². The van der Waals surface area contributed by atoms with E-state index in [4.69, 9.17) is 10.8 Å². The number of carbonyl (C=O) groups is 1. The number of hydrogen-bond acceptors (Lipinski definition) is 6. The Morgan fingerprint density at radius 1 is 1.21 bits per heavy atom. The van der Waals surface area contributed by atoms with Gasteiger partial charge in [0.25, 0.3) is 15.9 Å². The molecule has 24 heavy (non-hydrogen) atoms. The topological polar surface area (TPSA) is 122 Å². The number of aliphatic hydroxyl groups excluding tert-OH is 1. The van der Waals surface area contributed by atoms with E-state index in [-0.39, 0.29) is 11.5 Å². The summed E-state index contributed by atoms with van der Waals surface area (Å²) in [6.45, 7) is 2.51. The summed E-state index contributed by atoms with van der Waals surface area (Å²) in [6.07, 6.45) is 3.87. The van der Waals surface area contributed by atoms with E-state index in [1.165, 1.54) is 6.07 Å². The van der Waals surface area contributed by atoms with Crippen LogP contribution in [-0.2, 0) is 14.8 Å². The van der Waals surface area contributed by atoms with Crippen LogP contribution in [0.3, 0.4) is 0 Å². The van der Waals surface area contributed by atoms with Gasteiger partial charge in [-0.25, -0.2) is 13.1 Å². The molecule has 0 fully saturated rings. The van der Waals surface area contributed by atoms with E-state index in [0.717, 1.165) is 25.7 Å². The van der Waals surface area contributed by atoms with Crippen LogP contribution in [0.2, 0.25) is 0 Å². The zero-order chi connectivity index (χ0) is 18.0. The van der Waals surface area contributed by atoms with Crippen LogP contribution in [0, 0.1) is 0 Å². The number of unbranched alkanes of at least 4 members (excludes halogenated alkanes) is 3. The van der Waals surface area contributed by atoms with Gasteiger partial charge in [0.2, 0.25) is 0 Å². The third-order valence-electron chi connectivity index (χ3n) is 3.59. The first-order valence-electron chi connectivity index (χ1n) is 8.18. The summed E-state index contributed by atoms with van der Waals surface area (Å²) in [6, 6.07) is 5.58. The van der Waals surface area contributed by atoms with Crippen LogP contribution in [0.15, 0.2) is 29.2 Å². The molecule has 0 aliphatic carbocycles. The van der Waals surface area contributed by atoms with Crippen LogP contribution in [0.4, 0.5) is 5.69 Å². The second-order valence-electron chi connectivity index (χ2n) is 5.55. The monoisotopic (exact) mass is 357 g/mol.